The number of carbonyl (C=O) groups is 2. The second-order valence-electron chi connectivity index (χ2n) is 6.60. The maximum atomic E-state index is 12.4. The highest BCUT2D eigenvalue weighted by molar-refractivity contribution is 5.78. The maximum Gasteiger partial charge on any atom is 0.410 e. The van der Waals surface area contributed by atoms with E-state index in [0.29, 0.717) is 32.0 Å². The predicted octanol–water partition coefficient (Wildman–Crippen LogP) is 0.222. The van der Waals surface area contributed by atoms with Crippen LogP contribution in [0.5, 0.6) is 0 Å². The molecule has 0 radical (unpaired) electrons. The molecule has 1 aliphatic heterocycles. The minimum Gasteiger partial charge on any atom is -0.444 e. The Morgan fingerprint density at radius 3 is 2.39 bits per heavy atom. The summed E-state index contributed by atoms with van der Waals surface area (Å²) >= 11 is 0. The maximum absolute atomic E-state index is 12.4. The largest absolute Gasteiger partial charge is 0.444 e. The van der Waals surface area contributed by atoms with E-state index < -0.39 is 5.60 Å². The summed E-state index contributed by atoms with van der Waals surface area (Å²) in [6, 6.07) is 0. The second-order valence-corrected chi connectivity index (χ2v) is 6.60. The molecule has 0 aliphatic carbocycles. The topological polar surface area (TPSA) is 93.5 Å². The van der Waals surface area contributed by atoms with Gasteiger partial charge in [-0.1, -0.05) is 0 Å². The summed E-state index contributed by atoms with van der Waals surface area (Å²) < 4.78 is 6.87. The number of ether oxygens (including phenoxy) is 1. The first-order valence-electron chi connectivity index (χ1n) is 7.73. The zero-order chi connectivity index (χ0) is 17.0. The van der Waals surface area contributed by atoms with Crippen molar-refractivity contribution in [2.24, 2.45) is 7.05 Å². The molecular formula is C14H24N6O3. The summed E-state index contributed by atoms with van der Waals surface area (Å²) in [7, 11) is 1.70. The summed E-state index contributed by atoms with van der Waals surface area (Å²) in [5.74, 6) is 0.497. The molecule has 2 rings (SSSR count). The average molecular weight is 324 g/mol. The van der Waals surface area contributed by atoms with Gasteiger partial charge in [0.25, 0.3) is 0 Å². The molecule has 2 amide bonds. The van der Waals surface area contributed by atoms with E-state index in [-0.39, 0.29) is 18.4 Å². The average Bonchev–Trinajstić information content (AvgIpc) is 2.72. The lowest BCUT2D eigenvalue weighted by Crippen LogP contribution is -2.40. The predicted molar refractivity (Wildman–Crippen MR) is 81.5 cm³/mol. The van der Waals surface area contributed by atoms with Gasteiger partial charge in [0.05, 0.1) is 6.42 Å². The number of rotatable bonds is 2. The molecule has 128 valence electrons. The molecule has 0 unspecified atom stereocenters. The van der Waals surface area contributed by atoms with Gasteiger partial charge in [-0.15, -0.1) is 5.10 Å². The first-order chi connectivity index (χ1) is 10.8. The van der Waals surface area contributed by atoms with Crippen molar-refractivity contribution >= 4 is 12.0 Å². The van der Waals surface area contributed by atoms with Gasteiger partial charge in [-0.2, -0.15) is 0 Å². The molecule has 0 aromatic carbocycles. The lowest BCUT2D eigenvalue weighted by atomic mass is 10.2. The molecule has 9 nitrogen and oxygen atoms in total. The molecule has 0 atom stereocenters. The third-order valence-electron chi connectivity index (χ3n) is 3.52. The van der Waals surface area contributed by atoms with E-state index in [2.05, 4.69) is 15.5 Å². The smallest absolute Gasteiger partial charge is 0.410 e. The van der Waals surface area contributed by atoms with Gasteiger partial charge in [-0.05, 0) is 37.6 Å². The number of nitrogens with zero attached hydrogens (tertiary/aromatic N) is 6. The van der Waals surface area contributed by atoms with Gasteiger partial charge in [0.2, 0.25) is 5.91 Å². The highest BCUT2D eigenvalue weighted by Crippen LogP contribution is 2.12. The van der Waals surface area contributed by atoms with Crippen molar-refractivity contribution in [3.05, 3.63) is 5.82 Å². The highest BCUT2D eigenvalue weighted by Gasteiger charge is 2.26. The Balaban J connectivity index is 1.89. The van der Waals surface area contributed by atoms with Gasteiger partial charge in [0.1, 0.15) is 5.60 Å². The minimum absolute atomic E-state index is 0.0334. The van der Waals surface area contributed by atoms with Crippen LogP contribution < -0.4 is 0 Å². The quantitative estimate of drug-likeness (QED) is 0.772. The lowest BCUT2D eigenvalue weighted by molar-refractivity contribution is -0.130. The zero-order valence-corrected chi connectivity index (χ0v) is 14.2. The third-order valence-corrected chi connectivity index (χ3v) is 3.52. The Kier molecular flexibility index (Phi) is 5.17. The van der Waals surface area contributed by atoms with Crippen molar-refractivity contribution in [3.8, 4) is 0 Å². The minimum atomic E-state index is -0.517. The van der Waals surface area contributed by atoms with E-state index in [9.17, 15) is 9.59 Å². The lowest BCUT2D eigenvalue weighted by Gasteiger charge is -2.26. The van der Waals surface area contributed by atoms with Gasteiger partial charge in [0.15, 0.2) is 5.82 Å². The number of hydrogen-bond acceptors (Lipinski definition) is 6. The third kappa shape index (κ3) is 4.90. The Morgan fingerprint density at radius 2 is 1.78 bits per heavy atom. The fraction of sp³-hybridized carbons (Fsp3) is 0.786. The number of aryl methyl sites for hydroxylation is 1. The van der Waals surface area contributed by atoms with Crippen LogP contribution in [-0.4, -0.2) is 73.8 Å². The van der Waals surface area contributed by atoms with Crippen molar-refractivity contribution in [3.63, 3.8) is 0 Å². The van der Waals surface area contributed by atoms with Crippen LogP contribution in [0.25, 0.3) is 0 Å². The fourth-order valence-electron chi connectivity index (χ4n) is 2.32. The molecule has 1 saturated heterocycles. The molecule has 0 bridgehead atoms. The monoisotopic (exact) mass is 324 g/mol. The van der Waals surface area contributed by atoms with E-state index >= 15 is 0 Å². The Hall–Kier alpha value is -2.19. The molecule has 1 aromatic rings. The SMILES string of the molecule is Cn1nnnc1CC(=O)N1CCCN(C(=O)OC(C)(C)C)CC1. The molecule has 0 spiro atoms. The van der Waals surface area contributed by atoms with Crippen LogP contribution in [0, 0.1) is 0 Å². The Morgan fingerprint density at radius 1 is 1.13 bits per heavy atom. The standard InChI is InChI=1S/C14H24N6O3/c1-14(2,3)23-13(22)20-7-5-6-19(8-9-20)12(21)10-11-15-16-17-18(11)4/h5-10H2,1-4H3. The van der Waals surface area contributed by atoms with Crippen LogP contribution in [0.4, 0.5) is 4.79 Å². The number of carbonyl (C=O) groups excluding carboxylic acids is 2. The normalized spacial score (nSPS) is 16.2. The molecular weight excluding hydrogens is 300 g/mol. The summed E-state index contributed by atoms with van der Waals surface area (Å²) in [6.07, 6.45) is 0.558. The van der Waals surface area contributed by atoms with Crippen LogP contribution in [0.2, 0.25) is 0 Å². The molecule has 1 aromatic heterocycles. The Labute approximate surface area is 135 Å². The molecule has 0 saturated carbocycles. The van der Waals surface area contributed by atoms with E-state index in [1.165, 1.54) is 4.68 Å². The van der Waals surface area contributed by atoms with Crippen LogP contribution in [0.15, 0.2) is 0 Å². The number of aromatic nitrogens is 4. The van der Waals surface area contributed by atoms with Crippen LogP contribution in [0.1, 0.15) is 33.0 Å². The highest BCUT2D eigenvalue weighted by atomic mass is 16.6. The van der Waals surface area contributed by atoms with E-state index in [4.69, 9.17) is 4.74 Å². The summed E-state index contributed by atoms with van der Waals surface area (Å²) in [5.41, 5.74) is -0.517. The van der Waals surface area contributed by atoms with E-state index in [1.54, 1.807) is 16.8 Å². The molecule has 1 aliphatic rings. The zero-order valence-electron chi connectivity index (χ0n) is 14.2. The van der Waals surface area contributed by atoms with Crippen molar-refractivity contribution in [2.75, 3.05) is 26.2 Å². The summed E-state index contributed by atoms with van der Waals surface area (Å²) in [5, 5.41) is 11.1. The number of tetrazole rings is 1. The second kappa shape index (κ2) is 6.93. The van der Waals surface area contributed by atoms with Crippen LogP contribution >= 0.6 is 0 Å². The molecule has 23 heavy (non-hydrogen) atoms. The van der Waals surface area contributed by atoms with Crippen molar-refractivity contribution in [2.45, 2.75) is 39.2 Å². The molecule has 1 fully saturated rings. The van der Waals surface area contributed by atoms with Gasteiger partial charge >= 0.3 is 6.09 Å². The van der Waals surface area contributed by atoms with Gasteiger partial charge in [-0.3, -0.25) is 4.79 Å². The molecule has 2 heterocycles. The van der Waals surface area contributed by atoms with Gasteiger partial charge in [-0.25, -0.2) is 9.48 Å². The fourth-order valence-corrected chi connectivity index (χ4v) is 2.32. The van der Waals surface area contributed by atoms with Crippen molar-refractivity contribution in [1.29, 1.82) is 0 Å². The van der Waals surface area contributed by atoms with Crippen LogP contribution in [-0.2, 0) is 23.0 Å². The van der Waals surface area contributed by atoms with Crippen molar-refractivity contribution in [1.82, 2.24) is 30.0 Å². The van der Waals surface area contributed by atoms with Crippen molar-refractivity contribution < 1.29 is 14.3 Å². The molecule has 9 heteroatoms. The van der Waals surface area contributed by atoms with E-state index in [1.807, 2.05) is 20.8 Å². The Bertz CT molecular complexity index is 565. The first kappa shape index (κ1) is 17.2. The van der Waals surface area contributed by atoms with E-state index in [0.717, 1.165) is 6.42 Å². The van der Waals surface area contributed by atoms with Gasteiger partial charge in [0, 0.05) is 33.2 Å². The number of amides is 2. The first-order valence-corrected chi connectivity index (χ1v) is 7.73. The molecule has 0 N–H and O–H groups in total. The van der Waals surface area contributed by atoms with Gasteiger partial charge < -0.3 is 14.5 Å². The number of hydrogen-bond donors (Lipinski definition) is 0. The summed E-state index contributed by atoms with van der Waals surface area (Å²) in [6.45, 7) is 7.68. The van der Waals surface area contributed by atoms with Crippen LogP contribution in [0.3, 0.4) is 0 Å². The summed E-state index contributed by atoms with van der Waals surface area (Å²) in [4.78, 5) is 27.9.